The first-order valence-electron chi connectivity index (χ1n) is 22.7. The fourth-order valence-corrected chi connectivity index (χ4v) is 8.59. The number of aliphatic hydroxyl groups excluding tert-OH is 1. The van der Waals surface area contributed by atoms with Gasteiger partial charge in [-0.15, -0.1) is 0 Å². The maximum Gasteiger partial charge on any atom is 0.222 e. The molecule has 1 aliphatic rings. The monoisotopic (exact) mass is 827 g/mol. The summed E-state index contributed by atoms with van der Waals surface area (Å²) in [5.74, 6) is 1.78. The van der Waals surface area contributed by atoms with Gasteiger partial charge in [-0.25, -0.2) is 0 Å². The highest BCUT2D eigenvalue weighted by atomic mass is 16.5. The van der Waals surface area contributed by atoms with Gasteiger partial charge in [0.2, 0.25) is 11.8 Å². The Hall–Kier alpha value is -4.21. The van der Waals surface area contributed by atoms with Crippen molar-refractivity contribution in [3.63, 3.8) is 0 Å². The number of likely N-dealkylation sites (tertiary alicyclic amines) is 1. The molecule has 2 amide bonds. The number of carbonyl (C=O) groups excluding carboxylic acids is 3. The van der Waals surface area contributed by atoms with Crippen LogP contribution in [0.25, 0.3) is 0 Å². The van der Waals surface area contributed by atoms with E-state index in [0.29, 0.717) is 39.0 Å². The molecular weight excluding hydrogens is 753 g/mol. The zero-order valence-corrected chi connectivity index (χ0v) is 37.2. The molecule has 0 bridgehead atoms. The van der Waals surface area contributed by atoms with Crippen LogP contribution in [0.15, 0.2) is 78.9 Å². The first kappa shape index (κ1) is 48.5. The Kier molecular flexibility index (Phi) is 20.6. The fraction of sp³-hybridized carbons (Fsp3) is 0.588. The topological polar surface area (TPSA) is 114 Å². The van der Waals surface area contributed by atoms with Crippen molar-refractivity contribution in [3.8, 4) is 11.5 Å². The van der Waals surface area contributed by atoms with E-state index in [1.807, 2.05) is 71.6 Å². The summed E-state index contributed by atoms with van der Waals surface area (Å²) in [5.41, 5.74) is 0.727. The lowest BCUT2D eigenvalue weighted by Gasteiger charge is -2.43. The average Bonchev–Trinajstić information content (AvgIpc) is 3.55. The van der Waals surface area contributed by atoms with Gasteiger partial charge in [0, 0.05) is 49.7 Å². The highest BCUT2D eigenvalue weighted by Crippen LogP contribution is 2.49. The van der Waals surface area contributed by atoms with Gasteiger partial charge in [0.05, 0.1) is 27.4 Å². The second kappa shape index (κ2) is 25.5. The third kappa shape index (κ3) is 13.9. The average molecular weight is 827 g/mol. The third-order valence-corrected chi connectivity index (χ3v) is 12.9. The SMILES string of the molecule is COc1ccc(C(OC[C@@]2(C)CN(C(=O)CCCCCCCCC(=O)NCCCCCCCCCCCC=O)C[C@@]2(C)CO)(c2ccccc2)c2ccc(OC)cc2)cc1. The Labute approximate surface area is 361 Å². The Morgan fingerprint density at radius 3 is 1.63 bits per heavy atom. The predicted molar refractivity (Wildman–Crippen MR) is 240 cm³/mol. The van der Waals surface area contributed by atoms with Gasteiger partial charge in [-0.2, -0.15) is 0 Å². The molecule has 1 aliphatic heterocycles. The summed E-state index contributed by atoms with van der Waals surface area (Å²) < 4.78 is 18.3. The van der Waals surface area contributed by atoms with Gasteiger partial charge < -0.3 is 34.3 Å². The van der Waals surface area contributed by atoms with Gasteiger partial charge >= 0.3 is 0 Å². The normalized spacial score (nSPS) is 17.7. The van der Waals surface area contributed by atoms with Crippen molar-refractivity contribution in [2.75, 3.05) is 47.1 Å². The number of nitrogens with one attached hydrogen (secondary N) is 1. The van der Waals surface area contributed by atoms with Crippen molar-refractivity contribution in [1.82, 2.24) is 10.2 Å². The molecule has 1 fully saturated rings. The van der Waals surface area contributed by atoms with Crippen LogP contribution in [0, 0.1) is 10.8 Å². The lowest BCUT2D eigenvalue weighted by Crippen LogP contribution is -2.46. The molecule has 9 nitrogen and oxygen atoms in total. The Morgan fingerprint density at radius 2 is 1.12 bits per heavy atom. The van der Waals surface area contributed by atoms with Crippen molar-refractivity contribution in [3.05, 3.63) is 95.6 Å². The molecule has 0 aliphatic carbocycles. The van der Waals surface area contributed by atoms with E-state index in [0.717, 1.165) is 105 Å². The molecule has 1 saturated heterocycles. The summed E-state index contributed by atoms with van der Waals surface area (Å²) in [5, 5.41) is 14.0. The largest absolute Gasteiger partial charge is 0.497 e. The molecule has 4 rings (SSSR count). The summed E-state index contributed by atoms with van der Waals surface area (Å²) in [6, 6.07) is 26.2. The first-order chi connectivity index (χ1) is 29.1. The van der Waals surface area contributed by atoms with E-state index in [1.165, 1.54) is 32.1 Å². The molecule has 2 N–H and O–H groups in total. The number of rotatable bonds is 30. The number of methoxy groups -OCH3 is 2. The Balaban J connectivity index is 1.22. The number of benzene rings is 3. The second-order valence-corrected chi connectivity index (χ2v) is 17.4. The third-order valence-electron chi connectivity index (χ3n) is 12.9. The first-order valence-corrected chi connectivity index (χ1v) is 22.7. The van der Waals surface area contributed by atoms with Crippen LogP contribution in [0.3, 0.4) is 0 Å². The summed E-state index contributed by atoms with van der Waals surface area (Å²) >= 11 is 0. The lowest BCUT2D eigenvalue weighted by atomic mass is 9.68. The van der Waals surface area contributed by atoms with Gasteiger partial charge in [0.15, 0.2) is 0 Å². The number of aldehydes is 1. The van der Waals surface area contributed by atoms with E-state index in [9.17, 15) is 19.5 Å². The van der Waals surface area contributed by atoms with Gasteiger partial charge in [-0.05, 0) is 66.6 Å². The van der Waals surface area contributed by atoms with Crippen molar-refractivity contribution >= 4 is 18.1 Å². The lowest BCUT2D eigenvalue weighted by molar-refractivity contribution is -0.131. The molecule has 0 aromatic heterocycles. The predicted octanol–water partition coefficient (Wildman–Crippen LogP) is 10.2. The minimum atomic E-state index is -1.000. The summed E-state index contributed by atoms with van der Waals surface area (Å²) in [6.45, 7) is 6.17. The van der Waals surface area contributed by atoms with Crippen LogP contribution >= 0.6 is 0 Å². The molecule has 1 heterocycles. The molecule has 0 saturated carbocycles. The van der Waals surface area contributed by atoms with Crippen LogP contribution in [0.5, 0.6) is 11.5 Å². The van der Waals surface area contributed by atoms with E-state index in [-0.39, 0.29) is 18.4 Å². The highest BCUT2D eigenvalue weighted by Gasteiger charge is 2.54. The van der Waals surface area contributed by atoms with Crippen molar-refractivity contribution in [2.24, 2.45) is 10.8 Å². The van der Waals surface area contributed by atoms with E-state index in [2.05, 4.69) is 31.3 Å². The number of ether oxygens (including phenoxy) is 3. The maximum absolute atomic E-state index is 13.7. The van der Waals surface area contributed by atoms with Gasteiger partial charge in [0.1, 0.15) is 23.4 Å². The molecule has 9 heteroatoms. The standard InChI is InChI=1S/C51H74N2O7/c1-49(40-55)38-53(48(57)27-21-14-10-9-13-20-26-47(56)52-36-22-15-11-7-5-6-8-12-16-23-37-54)39-50(49,2)41-60-51(42-24-18-17-19-25-42,43-28-32-45(58-3)33-29-43)44-30-34-46(59-4)35-31-44/h17-19,24-25,28-35,37,55H,5-16,20-23,26-27,36,38-41H2,1-4H3,(H,52,56)/t49-,50+/m0/s1. The minimum absolute atomic E-state index is 0.0652. The Morgan fingerprint density at radius 1 is 0.650 bits per heavy atom. The van der Waals surface area contributed by atoms with Crippen LogP contribution in [0.2, 0.25) is 0 Å². The van der Waals surface area contributed by atoms with E-state index >= 15 is 0 Å². The Bertz CT molecular complexity index is 1630. The number of amides is 2. The zero-order valence-electron chi connectivity index (χ0n) is 37.2. The number of unbranched alkanes of at least 4 members (excludes halogenated alkanes) is 14. The minimum Gasteiger partial charge on any atom is -0.497 e. The van der Waals surface area contributed by atoms with Crippen molar-refractivity contribution in [2.45, 2.75) is 135 Å². The molecule has 60 heavy (non-hydrogen) atoms. The van der Waals surface area contributed by atoms with Gasteiger partial charge in [-0.3, -0.25) is 9.59 Å². The number of hydrogen-bond acceptors (Lipinski definition) is 7. The number of carbonyl (C=O) groups is 3. The summed E-state index contributed by atoms with van der Waals surface area (Å²) in [6.07, 6.45) is 19.2. The van der Waals surface area contributed by atoms with Crippen LogP contribution in [0.1, 0.15) is 146 Å². The van der Waals surface area contributed by atoms with Gasteiger partial charge in [-0.1, -0.05) is 139 Å². The van der Waals surface area contributed by atoms with Crippen LogP contribution in [-0.4, -0.2) is 75.2 Å². The molecule has 2 atom stereocenters. The van der Waals surface area contributed by atoms with Crippen LogP contribution < -0.4 is 14.8 Å². The number of hydrogen-bond donors (Lipinski definition) is 2. The van der Waals surface area contributed by atoms with Crippen molar-refractivity contribution < 1.29 is 33.7 Å². The highest BCUT2D eigenvalue weighted by molar-refractivity contribution is 5.77. The molecule has 3 aromatic carbocycles. The summed E-state index contributed by atoms with van der Waals surface area (Å²) in [7, 11) is 3.31. The second-order valence-electron chi connectivity index (χ2n) is 17.4. The van der Waals surface area contributed by atoms with E-state index < -0.39 is 16.4 Å². The van der Waals surface area contributed by atoms with Gasteiger partial charge in [0.25, 0.3) is 0 Å². The molecule has 0 radical (unpaired) electrons. The fourth-order valence-electron chi connectivity index (χ4n) is 8.59. The smallest absolute Gasteiger partial charge is 0.222 e. The number of aliphatic hydroxyl groups is 1. The molecule has 330 valence electrons. The molecule has 0 unspecified atom stereocenters. The van der Waals surface area contributed by atoms with Crippen molar-refractivity contribution in [1.29, 1.82) is 0 Å². The van der Waals surface area contributed by atoms with E-state index in [4.69, 9.17) is 14.2 Å². The van der Waals surface area contributed by atoms with Crippen LogP contribution in [0.4, 0.5) is 0 Å². The van der Waals surface area contributed by atoms with Crippen LogP contribution in [-0.2, 0) is 24.7 Å². The molecule has 3 aromatic rings. The van der Waals surface area contributed by atoms with E-state index in [1.54, 1.807) is 14.2 Å². The molecular formula is C51H74N2O7. The number of nitrogens with zero attached hydrogens (tertiary/aromatic N) is 1. The molecule has 0 spiro atoms. The quantitative estimate of drug-likeness (QED) is 0.0391. The zero-order chi connectivity index (χ0) is 43.1. The maximum atomic E-state index is 13.7. The summed E-state index contributed by atoms with van der Waals surface area (Å²) in [4.78, 5) is 38.3.